The largest absolute Gasteiger partial charge is 0.264 e. The van der Waals surface area contributed by atoms with Crippen LogP contribution >= 0.6 is 0 Å². The zero-order valence-electron chi connectivity index (χ0n) is 12.9. The van der Waals surface area contributed by atoms with Crippen LogP contribution in [0.1, 0.15) is 36.3 Å². The maximum atomic E-state index is 11.7. The molecule has 0 bridgehead atoms. The molecule has 0 radical (unpaired) electrons. The van der Waals surface area contributed by atoms with Gasteiger partial charge >= 0.3 is 0 Å². The van der Waals surface area contributed by atoms with Crippen LogP contribution in [-0.4, -0.2) is 11.0 Å². The Balaban J connectivity index is 1.88. The van der Waals surface area contributed by atoms with E-state index in [0.717, 1.165) is 30.4 Å². The van der Waals surface area contributed by atoms with Gasteiger partial charge in [0.2, 0.25) is 6.04 Å². The van der Waals surface area contributed by atoms with Crippen LogP contribution in [0.2, 0.25) is 0 Å². The lowest BCUT2D eigenvalue weighted by Crippen LogP contribution is -2.37. The number of hydrogen-bond donors (Lipinski definition) is 0. The minimum Gasteiger partial charge on any atom is -0.264 e. The van der Waals surface area contributed by atoms with Crippen LogP contribution < -0.4 is 0 Å². The first-order chi connectivity index (χ1) is 11.3. The summed E-state index contributed by atoms with van der Waals surface area (Å²) in [6.45, 7) is 0. The second kappa shape index (κ2) is 7.11. The van der Waals surface area contributed by atoms with Crippen LogP contribution in [0.3, 0.4) is 0 Å². The molecule has 23 heavy (non-hydrogen) atoms. The summed E-state index contributed by atoms with van der Waals surface area (Å²) in [7, 11) is 0. The van der Waals surface area contributed by atoms with Crippen LogP contribution in [0.25, 0.3) is 0 Å². The quantitative estimate of drug-likeness (QED) is 0.472. The Morgan fingerprint density at radius 2 is 1.61 bits per heavy atom. The molecule has 3 nitrogen and oxygen atoms in total. The molecule has 3 heteroatoms. The smallest absolute Gasteiger partial charge is 0.233 e. The average molecular weight is 305 g/mol. The second-order valence-corrected chi connectivity index (χ2v) is 5.97. The van der Waals surface area contributed by atoms with Gasteiger partial charge in [-0.3, -0.25) is 10.1 Å². The number of rotatable bonds is 2. The van der Waals surface area contributed by atoms with Gasteiger partial charge in [-0.2, -0.15) is 0 Å². The van der Waals surface area contributed by atoms with Gasteiger partial charge in [0.1, 0.15) is 0 Å². The van der Waals surface area contributed by atoms with E-state index in [0.29, 0.717) is 0 Å². The van der Waals surface area contributed by atoms with E-state index in [4.69, 9.17) is 0 Å². The molecular formula is C20H19NO2. The van der Waals surface area contributed by atoms with Gasteiger partial charge in [0.05, 0.1) is 11.8 Å². The number of benzene rings is 2. The van der Waals surface area contributed by atoms with Gasteiger partial charge < -0.3 is 0 Å². The van der Waals surface area contributed by atoms with E-state index >= 15 is 0 Å². The highest BCUT2D eigenvalue weighted by Crippen LogP contribution is 2.37. The molecule has 3 atom stereocenters. The number of nitro groups is 1. The second-order valence-electron chi connectivity index (χ2n) is 5.97. The first-order valence-electron chi connectivity index (χ1n) is 8.01. The Bertz CT molecular complexity index is 716. The molecule has 0 aromatic heterocycles. The van der Waals surface area contributed by atoms with Crippen LogP contribution in [0.15, 0.2) is 60.7 Å². The molecule has 1 aliphatic carbocycles. The van der Waals surface area contributed by atoms with E-state index in [1.54, 1.807) is 0 Å². The van der Waals surface area contributed by atoms with Crippen molar-refractivity contribution < 1.29 is 4.92 Å². The van der Waals surface area contributed by atoms with Gasteiger partial charge in [-0.25, -0.2) is 0 Å². The van der Waals surface area contributed by atoms with E-state index in [9.17, 15) is 10.1 Å². The summed E-state index contributed by atoms with van der Waals surface area (Å²) in [6.07, 6.45) is 2.64. The molecule has 0 spiro atoms. The third kappa shape index (κ3) is 3.60. The standard InChI is InChI=1S/C20H19NO2/c22-21(23)20-18(15-14-16-8-3-1-4-9-16)12-7-13-19(20)17-10-5-2-6-11-17/h1-6,8-11,18-20H,7,12-13H2/t18-,19+,20+/m0/s1. The zero-order chi connectivity index (χ0) is 16.1. The summed E-state index contributed by atoms with van der Waals surface area (Å²) < 4.78 is 0. The zero-order valence-corrected chi connectivity index (χ0v) is 12.9. The summed E-state index contributed by atoms with van der Waals surface area (Å²) >= 11 is 0. The molecule has 0 N–H and O–H groups in total. The van der Waals surface area contributed by atoms with Crippen molar-refractivity contribution in [2.75, 3.05) is 0 Å². The first kappa shape index (κ1) is 15.3. The Morgan fingerprint density at radius 3 is 2.26 bits per heavy atom. The fourth-order valence-electron chi connectivity index (χ4n) is 3.39. The maximum absolute atomic E-state index is 11.7. The molecule has 0 unspecified atom stereocenters. The molecule has 116 valence electrons. The molecule has 1 aliphatic rings. The van der Waals surface area contributed by atoms with Crippen molar-refractivity contribution in [3.63, 3.8) is 0 Å². The van der Waals surface area contributed by atoms with Gasteiger partial charge in [-0.05, 0) is 30.5 Å². The lowest BCUT2D eigenvalue weighted by Gasteiger charge is -2.30. The molecule has 1 fully saturated rings. The summed E-state index contributed by atoms with van der Waals surface area (Å²) in [6, 6.07) is 18.9. The molecular weight excluding hydrogens is 286 g/mol. The van der Waals surface area contributed by atoms with Gasteiger partial charge in [0.15, 0.2) is 0 Å². The summed E-state index contributed by atoms with van der Waals surface area (Å²) in [5, 5.41) is 11.7. The third-order valence-electron chi connectivity index (χ3n) is 4.50. The average Bonchev–Trinajstić information content (AvgIpc) is 2.61. The summed E-state index contributed by atoms with van der Waals surface area (Å²) in [5.41, 5.74) is 1.97. The predicted octanol–water partition coefficient (Wildman–Crippen LogP) is 4.27. The molecule has 0 aliphatic heterocycles. The van der Waals surface area contributed by atoms with Gasteiger partial charge in [-0.1, -0.05) is 66.8 Å². The van der Waals surface area contributed by atoms with Crippen molar-refractivity contribution in [2.45, 2.75) is 31.2 Å². The molecule has 1 saturated carbocycles. The molecule has 0 saturated heterocycles. The fourth-order valence-corrected chi connectivity index (χ4v) is 3.39. The molecule has 2 aromatic rings. The summed E-state index contributed by atoms with van der Waals surface area (Å²) in [5.74, 6) is 6.06. The third-order valence-corrected chi connectivity index (χ3v) is 4.50. The molecule has 0 heterocycles. The van der Waals surface area contributed by atoms with Gasteiger partial charge in [0, 0.05) is 10.5 Å². The Morgan fingerprint density at radius 1 is 0.957 bits per heavy atom. The van der Waals surface area contributed by atoms with Crippen molar-refractivity contribution in [3.05, 3.63) is 81.9 Å². The van der Waals surface area contributed by atoms with Gasteiger partial charge in [-0.15, -0.1) is 0 Å². The van der Waals surface area contributed by atoms with Crippen molar-refractivity contribution in [3.8, 4) is 11.8 Å². The highest BCUT2D eigenvalue weighted by Gasteiger charge is 2.42. The monoisotopic (exact) mass is 305 g/mol. The Hall–Kier alpha value is -2.60. The Kier molecular flexibility index (Phi) is 4.73. The minimum atomic E-state index is -0.623. The van der Waals surface area contributed by atoms with Crippen LogP contribution in [-0.2, 0) is 0 Å². The summed E-state index contributed by atoms with van der Waals surface area (Å²) in [4.78, 5) is 11.6. The first-order valence-corrected chi connectivity index (χ1v) is 8.01. The number of nitrogens with zero attached hydrogens (tertiary/aromatic N) is 1. The predicted molar refractivity (Wildman–Crippen MR) is 90.6 cm³/mol. The minimum absolute atomic E-state index is 0.0463. The van der Waals surface area contributed by atoms with Crippen LogP contribution in [0, 0.1) is 27.9 Å². The topological polar surface area (TPSA) is 43.1 Å². The lowest BCUT2D eigenvalue weighted by molar-refractivity contribution is -0.536. The molecule has 0 amide bonds. The Labute approximate surface area is 136 Å². The van der Waals surface area contributed by atoms with E-state index in [-0.39, 0.29) is 16.8 Å². The van der Waals surface area contributed by atoms with Crippen molar-refractivity contribution in [2.24, 2.45) is 5.92 Å². The normalized spacial score (nSPS) is 23.6. The highest BCUT2D eigenvalue weighted by molar-refractivity contribution is 5.35. The van der Waals surface area contributed by atoms with Crippen molar-refractivity contribution in [1.29, 1.82) is 0 Å². The molecule has 2 aromatic carbocycles. The van der Waals surface area contributed by atoms with E-state index in [1.807, 2.05) is 60.7 Å². The number of hydrogen-bond acceptors (Lipinski definition) is 2. The van der Waals surface area contributed by atoms with Crippen molar-refractivity contribution >= 4 is 0 Å². The van der Waals surface area contributed by atoms with Crippen LogP contribution in [0.4, 0.5) is 0 Å². The maximum Gasteiger partial charge on any atom is 0.233 e. The van der Waals surface area contributed by atoms with E-state index < -0.39 is 6.04 Å². The van der Waals surface area contributed by atoms with E-state index in [1.165, 1.54) is 0 Å². The van der Waals surface area contributed by atoms with Crippen molar-refractivity contribution in [1.82, 2.24) is 0 Å². The highest BCUT2D eigenvalue weighted by atomic mass is 16.6. The van der Waals surface area contributed by atoms with E-state index in [2.05, 4.69) is 11.8 Å². The molecule has 3 rings (SSSR count). The SMILES string of the molecule is O=[N+]([O-])[C@@H]1[C@H](C#Cc2ccccc2)CCC[C@@H]1c1ccccc1. The van der Waals surface area contributed by atoms with Crippen LogP contribution in [0.5, 0.6) is 0 Å². The van der Waals surface area contributed by atoms with Gasteiger partial charge in [0.25, 0.3) is 0 Å². The lowest BCUT2D eigenvalue weighted by atomic mass is 9.74. The fraction of sp³-hybridized carbons (Fsp3) is 0.300.